The Balaban J connectivity index is 1.60. The SMILES string of the molecule is CC(C)(O)c1nc2nc(C3CC=CC(C4(N)CCC4)=CC3)c(-c3ccccc3)cn2n1. The maximum atomic E-state index is 10.4. The van der Waals surface area contributed by atoms with Crippen molar-refractivity contribution in [1.82, 2.24) is 19.6 Å². The molecule has 2 aliphatic rings. The maximum Gasteiger partial charge on any atom is 0.252 e. The summed E-state index contributed by atoms with van der Waals surface area (Å²) in [4.78, 5) is 9.47. The van der Waals surface area contributed by atoms with Crippen molar-refractivity contribution in [1.29, 1.82) is 0 Å². The Hall–Kier alpha value is -2.83. The molecule has 3 N–H and O–H groups in total. The van der Waals surface area contributed by atoms with Crippen LogP contribution in [0, 0.1) is 0 Å². The third-order valence-corrected chi connectivity index (χ3v) is 6.54. The van der Waals surface area contributed by atoms with Gasteiger partial charge >= 0.3 is 0 Å². The van der Waals surface area contributed by atoms with E-state index in [9.17, 15) is 5.11 Å². The average molecular weight is 416 g/mol. The molecule has 5 rings (SSSR count). The highest BCUT2D eigenvalue weighted by atomic mass is 16.3. The lowest BCUT2D eigenvalue weighted by Crippen LogP contribution is -2.47. The second-order valence-corrected chi connectivity index (χ2v) is 9.38. The van der Waals surface area contributed by atoms with E-state index in [1.54, 1.807) is 18.4 Å². The summed E-state index contributed by atoms with van der Waals surface area (Å²) in [5.74, 6) is 1.10. The van der Waals surface area contributed by atoms with Crippen molar-refractivity contribution in [2.75, 3.05) is 0 Å². The molecule has 0 amide bonds. The standard InChI is InChI=1S/C25H29N5O/c1-24(2,31)22-28-23-27-21(20(16-30(23)29-22)17-8-4-3-5-9-17)18-10-6-11-19(13-12-18)25(26)14-7-15-25/h3-6,8-9,11,13,16,18,31H,7,10,12,14-15,26H2,1-2H3. The lowest BCUT2D eigenvalue weighted by atomic mass is 9.72. The van der Waals surface area contributed by atoms with Gasteiger partial charge < -0.3 is 10.8 Å². The smallest absolute Gasteiger partial charge is 0.252 e. The van der Waals surface area contributed by atoms with Crippen LogP contribution in [0.2, 0.25) is 0 Å². The zero-order valence-corrected chi connectivity index (χ0v) is 18.1. The van der Waals surface area contributed by atoms with Crippen molar-refractivity contribution in [2.24, 2.45) is 5.73 Å². The van der Waals surface area contributed by atoms with Crippen LogP contribution in [0.15, 0.2) is 60.3 Å². The molecule has 6 nitrogen and oxygen atoms in total. The number of hydrogen-bond acceptors (Lipinski definition) is 5. The maximum absolute atomic E-state index is 10.4. The first-order valence-corrected chi connectivity index (χ1v) is 11.1. The van der Waals surface area contributed by atoms with Gasteiger partial charge in [0.05, 0.1) is 5.69 Å². The quantitative estimate of drug-likeness (QED) is 0.665. The van der Waals surface area contributed by atoms with Crippen LogP contribution in [0.3, 0.4) is 0 Å². The molecule has 0 saturated heterocycles. The minimum atomic E-state index is -1.12. The topological polar surface area (TPSA) is 89.3 Å². The predicted octanol–water partition coefficient (Wildman–Crippen LogP) is 4.26. The van der Waals surface area contributed by atoms with E-state index >= 15 is 0 Å². The molecule has 31 heavy (non-hydrogen) atoms. The zero-order chi connectivity index (χ0) is 21.6. The van der Waals surface area contributed by atoms with E-state index in [1.165, 1.54) is 12.0 Å². The van der Waals surface area contributed by atoms with Gasteiger partial charge in [-0.15, -0.1) is 5.10 Å². The van der Waals surface area contributed by atoms with Crippen LogP contribution < -0.4 is 5.73 Å². The van der Waals surface area contributed by atoms with Crippen LogP contribution >= 0.6 is 0 Å². The van der Waals surface area contributed by atoms with Crippen molar-refractivity contribution in [3.05, 3.63) is 71.8 Å². The molecular weight excluding hydrogens is 386 g/mol. The van der Waals surface area contributed by atoms with Gasteiger partial charge in [0.1, 0.15) is 5.60 Å². The Morgan fingerprint density at radius 3 is 2.58 bits per heavy atom. The van der Waals surface area contributed by atoms with Crippen molar-refractivity contribution < 1.29 is 5.11 Å². The van der Waals surface area contributed by atoms with E-state index in [1.807, 2.05) is 24.4 Å². The van der Waals surface area contributed by atoms with Gasteiger partial charge in [-0.05, 0) is 57.1 Å². The number of nitrogens with two attached hydrogens (primary N) is 1. The van der Waals surface area contributed by atoms with Gasteiger partial charge in [-0.25, -0.2) is 9.50 Å². The third kappa shape index (κ3) is 3.70. The number of rotatable bonds is 4. The van der Waals surface area contributed by atoms with Crippen molar-refractivity contribution in [3.8, 4) is 11.1 Å². The normalized spacial score (nSPS) is 20.9. The second kappa shape index (κ2) is 7.39. The Morgan fingerprint density at radius 2 is 1.90 bits per heavy atom. The highest BCUT2D eigenvalue weighted by Gasteiger charge is 2.35. The molecular formula is C25H29N5O. The van der Waals surface area contributed by atoms with Crippen LogP contribution in [0.5, 0.6) is 0 Å². The van der Waals surface area contributed by atoms with Gasteiger partial charge in [0.2, 0.25) is 0 Å². The summed E-state index contributed by atoms with van der Waals surface area (Å²) in [6, 6.07) is 10.3. The number of fused-ring (bicyclic) bond motifs is 1. The molecule has 0 aliphatic heterocycles. The highest BCUT2D eigenvalue weighted by Crippen LogP contribution is 2.40. The predicted molar refractivity (Wildman–Crippen MR) is 121 cm³/mol. The summed E-state index contributed by atoms with van der Waals surface area (Å²) in [7, 11) is 0. The van der Waals surface area contributed by atoms with E-state index in [0.717, 1.165) is 42.5 Å². The molecule has 3 aromatic rings. The third-order valence-electron chi connectivity index (χ3n) is 6.54. The average Bonchev–Trinajstić information content (AvgIpc) is 3.01. The first-order chi connectivity index (χ1) is 14.8. The first-order valence-electron chi connectivity index (χ1n) is 11.1. The number of nitrogens with zero attached hydrogens (tertiary/aromatic N) is 4. The fourth-order valence-corrected chi connectivity index (χ4v) is 4.48. The van der Waals surface area contributed by atoms with Gasteiger partial charge in [0.25, 0.3) is 5.78 Å². The first kappa shape index (κ1) is 20.1. The van der Waals surface area contributed by atoms with Crippen LogP contribution in [-0.2, 0) is 5.60 Å². The lowest BCUT2D eigenvalue weighted by Gasteiger charge is -2.39. The van der Waals surface area contributed by atoms with E-state index in [-0.39, 0.29) is 11.5 Å². The largest absolute Gasteiger partial charge is 0.382 e. The molecule has 2 aromatic heterocycles. The molecule has 0 spiro atoms. The molecule has 1 fully saturated rings. The molecule has 1 atom stereocenters. The van der Waals surface area contributed by atoms with Gasteiger partial charge in [-0.2, -0.15) is 4.98 Å². The van der Waals surface area contributed by atoms with Gasteiger partial charge in [-0.3, -0.25) is 0 Å². The van der Waals surface area contributed by atoms with Crippen molar-refractivity contribution >= 4 is 5.78 Å². The van der Waals surface area contributed by atoms with E-state index < -0.39 is 5.60 Å². The number of allylic oxidation sites excluding steroid dienone is 2. The van der Waals surface area contributed by atoms with E-state index in [4.69, 9.17) is 10.7 Å². The number of hydrogen-bond donors (Lipinski definition) is 2. The number of aromatic nitrogens is 4. The number of aliphatic hydroxyl groups is 1. The van der Waals surface area contributed by atoms with Gasteiger partial charge in [0.15, 0.2) is 5.82 Å². The molecule has 6 heteroatoms. The van der Waals surface area contributed by atoms with Crippen molar-refractivity contribution in [2.45, 2.75) is 63.0 Å². The van der Waals surface area contributed by atoms with Gasteiger partial charge in [-0.1, -0.05) is 48.6 Å². The molecule has 160 valence electrons. The van der Waals surface area contributed by atoms with E-state index in [0.29, 0.717) is 11.6 Å². The minimum Gasteiger partial charge on any atom is -0.382 e. The summed E-state index contributed by atoms with van der Waals surface area (Å²) in [6.07, 6.45) is 13.9. The van der Waals surface area contributed by atoms with Crippen molar-refractivity contribution in [3.63, 3.8) is 0 Å². The highest BCUT2D eigenvalue weighted by molar-refractivity contribution is 5.67. The Bertz CT molecular complexity index is 1170. The summed E-state index contributed by atoms with van der Waals surface area (Å²) >= 11 is 0. The van der Waals surface area contributed by atoms with Gasteiger partial charge in [0, 0.05) is 23.2 Å². The summed E-state index contributed by atoms with van der Waals surface area (Å²) in [5.41, 5.74) is 9.72. The Labute approximate surface area is 182 Å². The molecule has 1 saturated carbocycles. The molecule has 1 unspecified atom stereocenters. The minimum absolute atomic E-state index is 0.153. The van der Waals surface area contributed by atoms with E-state index in [2.05, 4.69) is 40.4 Å². The fourth-order valence-electron chi connectivity index (χ4n) is 4.48. The van der Waals surface area contributed by atoms with Crippen LogP contribution in [-0.4, -0.2) is 30.2 Å². The van der Waals surface area contributed by atoms with Crippen LogP contribution in [0.1, 0.15) is 63.4 Å². The molecule has 2 aliphatic carbocycles. The summed E-state index contributed by atoms with van der Waals surface area (Å²) in [5, 5.41) is 14.9. The molecule has 0 radical (unpaired) electrons. The van der Waals surface area contributed by atoms with Crippen LogP contribution in [0.4, 0.5) is 0 Å². The number of benzene rings is 1. The van der Waals surface area contributed by atoms with Crippen LogP contribution in [0.25, 0.3) is 16.9 Å². The Morgan fingerprint density at radius 1 is 1.13 bits per heavy atom. The fraction of sp³-hybridized carbons (Fsp3) is 0.400. The summed E-state index contributed by atoms with van der Waals surface area (Å²) in [6.45, 7) is 3.37. The monoisotopic (exact) mass is 415 g/mol. The molecule has 2 heterocycles. The zero-order valence-electron chi connectivity index (χ0n) is 18.1. The lowest BCUT2D eigenvalue weighted by molar-refractivity contribution is 0.0690. The summed E-state index contributed by atoms with van der Waals surface area (Å²) < 4.78 is 1.68. The Kier molecular flexibility index (Phi) is 4.79. The molecule has 1 aromatic carbocycles. The molecule has 0 bridgehead atoms. The second-order valence-electron chi connectivity index (χ2n) is 9.38.